The minimum absolute atomic E-state index is 0.0291. The molecule has 0 saturated carbocycles. The fraction of sp³-hybridized carbons (Fsp3) is 0.0952. The zero-order chi connectivity index (χ0) is 19.2. The van der Waals surface area contributed by atoms with Crippen molar-refractivity contribution < 1.29 is 14.0 Å². The van der Waals surface area contributed by atoms with Gasteiger partial charge < -0.3 is 5.32 Å². The van der Waals surface area contributed by atoms with Gasteiger partial charge in [0, 0.05) is 5.56 Å². The number of nitrogens with zero attached hydrogens (tertiary/aromatic N) is 1. The first-order chi connectivity index (χ1) is 13.1. The molecule has 0 fully saturated rings. The normalized spacial score (nSPS) is 12.1. The van der Waals surface area contributed by atoms with E-state index in [0.29, 0.717) is 0 Å². The summed E-state index contributed by atoms with van der Waals surface area (Å²) >= 11 is 0. The Bertz CT molecular complexity index is 1010. The van der Waals surface area contributed by atoms with Gasteiger partial charge in [0.05, 0.1) is 11.9 Å². The molecule has 3 aromatic rings. The Morgan fingerprint density at radius 2 is 1.67 bits per heavy atom. The van der Waals surface area contributed by atoms with Crippen LogP contribution in [0.4, 0.5) is 10.1 Å². The molecule has 2 amide bonds. The number of fused-ring (bicyclic) bond motifs is 1. The SMILES string of the molecule is CC(C(=O)NN=Cc1cccc2ccccc12)C(=O)Nc1ccccc1F. The van der Waals surface area contributed by atoms with Crippen LogP contribution in [0.2, 0.25) is 0 Å². The van der Waals surface area contributed by atoms with E-state index >= 15 is 0 Å². The highest BCUT2D eigenvalue weighted by Crippen LogP contribution is 2.17. The fourth-order valence-corrected chi connectivity index (χ4v) is 2.55. The van der Waals surface area contributed by atoms with Crippen LogP contribution in [0.1, 0.15) is 12.5 Å². The first-order valence-electron chi connectivity index (χ1n) is 8.42. The lowest BCUT2D eigenvalue weighted by Gasteiger charge is -2.11. The van der Waals surface area contributed by atoms with Crippen LogP contribution in [0.25, 0.3) is 10.8 Å². The number of nitrogens with one attached hydrogen (secondary N) is 2. The summed E-state index contributed by atoms with van der Waals surface area (Å²) in [5.41, 5.74) is 3.23. The molecule has 0 heterocycles. The lowest BCUT2D eigenvalue weighted by molar-refractivity contribution is -0.131. The summed E-state index contributed by atoms with van der Waals surface area (Å²) < 4.78 is 13.6. The first kappa shape index (κ1) is 18.3. The van der Waals surface area contributed by atoms with Crippen LogP contribution >= 0.6 is 0 Å². The van der Waals surface area contributed by atoms with Gasteiger partial charge in [0.15, 0.2) is 0 Å². The Kier molecular flexibility index (Phi) is 5.56. The molecule has 0 spiro atoms. The van der Waals surface area contributed by atoms with Crippen LogP contribution in [0, 0.1) is 11.7 Å². The van der Waals surface area contributed by atoms with E-state index in [0.717, 1.165) is 16.3 Å². The van der Waals surface area contributed by atoms with Crippen molar-refractivity contribution in [2.75, 3.05) is 5.32 Å². The molecule has 1 atom stereocenters. The molecule has 0 radical (unpaired) electrons. The average Bonchev–Trinajstić information content (AvgIpc) is 2.69. The summed E-state index contributed by atoms with van der Waals surface area (Å²) in [6.07, 6.45) is 1.53. The number of carbonyl (C=O) groups excluding carboxylic acids is 2. The molecule has 3 rings (SSSR count). The zero-order valence-electron chi connectivity index (χ0n) is 14.6. The molecule has 0 saturated heterocycles. The predicted molar refractivity (Wildman–Crippen MR) is 104 cm³/mol. The van der Waals surface area contributed by atoms with Crippen molar-refractivity contribution in [3.63, 3.8) is 0 Å². The molecule has 1 unspecified atom stereocenters. The molecular formula is C21H18FN3O2. The maximum atomic E-state index is 13.6. The van der Waals surface area contributed by atoms with Gasteiger partial charge in [0.1, 0.15) is 11.7 Å². The smallest absolute Gasteiger partial charge is 0.252 e. The molecule has 136 valence electrons. The van der Waals surface area contributed by atoms with Gasteiger partial charge in [-0.05, 0) is 29.8 Å². The minimum atomic E-state index is -1.03. The number of amides is 2. The number of halogens is 1. The lowest BCUT2D eigenvalue weighted by atomic mass is 10.1. The molecule has 5 nitrogen and oxygen atoms in total. The highest BCUT2D eigenvalue weighted by molar-refractivity contribution is 6.06. The molecule has 27 heavy (non-hydrogen) atoms. The highest BCUT2D eigenvalue weighted by Gasteiger charge is 2.22. The van der Waals surface area contributed by atoms with E-state index in [1.807, 2.05) is 42.5 Å². The van der Waals surface area contributed by atoms with Crippen molar-refractivity contribution in [3.05, 3.63) is 78.1 Å². The van der Waals surface area contributed by atoms with Gasteiger partial charge in [0.2, 0.25) is 5.91 Å². The number of carbonyl (C=O) groups is 2. The molecule has 0 aliphatic carbocycles. The number of hydrazone groups is 1. The number of hydrogen-bond donors (Lipinski definition) is 2. The van der Waals surface area contributed by atoms with E-state index in [-0.39, 0.29) is 5.69 Å². The highest BCUT2D eigenvalue weighted by atomic mass is 19.1. The van der Waals surface area contributed by atoms with Gasteiger partial charge in [-0.3, -0.25) is 9.59 Å². The third kappa shape index (κ3) is 4.36. The molecular weight excluding hydrogens is 345 g/mol. The van der Waals surface area contributed by atoms with Crippen molar-refractivity contribution in [3.8, 4) is 0 Å². The standard InChI is InChI=1S/C21H18FN3O2/c1-14(20(26)24-19-12-5-4-11-18(19)22)21(27)25-23-13-16-9-6-8-15-7-2-3-10-17(15)16/h2-14H,1H3,(H,24,26)(H,25,27). The third-order valence-corrected chi connectivity index (χ3v) is 4.12. The Hall–Kier alpha value is -3.54. The van der Waals surface area contributed by atoms with Gasteiger partial charge in [-0.15, -0.1) is 0 Å². The van der Waals surface area contributed by atoms with Crippen molar-refractivity contribution in [2.45, 2.75) is 6.92 Å². The third-order valence-electron chi connectivity index (χ3n) is 4.12. The second-order valence-electron chi connectivity index (χ2n) is 5.99. The van der Waals surface area contributed by atoms with Crippen molar-refractivity contribution in [2.24, 2.45) is 11.0 Å². The number of anilines is 1. The van der Waals surface area contributed by atoms with E-state index in [1.165, 1.54) is 31.3 Å². The number of hydrogen-bond acceptors (Lipinski definition) is 3. The number of benzene rings is 3. The summed E-state index contributed by atoms with van der Waals surface area (Å²) in [6, 6.07) is 19.4. The van der Waals surface area contributed by atoms with E-state index in [1.54, 1.807) is 6.07 Å². The minimum Gasteiger partial charge on any atom is -0.323 e. The van der Waals surface area contributed by atoms with Crippen molar-refractivity contribution in [1.29, 1.82) is 0 Å². The quantitative estimate of drug-likeness (QED) is 0.412. The van der Waals surface area contributed by atoms with Crippen LogP contribution in [0.5, 0.6) is 0 Å². The van der Waals surface area contributed by atoms with Crippen LogP contribution in [-0.2, 0) is 9.59 Å². The Labute approximate surface area is 155 Å². The number of para-hydroxylation sites is 1. The second-order valence-corrected chi connectivity index (χ2v) is 5.99. The Morgan fingerprint density at radius 3 is 2.48 bits per heavy atom. The predicted octanol–water partition coefficient (Wildman–Crippen LogP) is 3.70. The van der Waals surface area contributed by atoms with Crippen LogP contribution in [0.3, 0.4) is 0 Å². The summed E-state index contributed by atoms with van der Waals surface area (Å²) in [6.45, 7) is 1.43. The Morgan fingerprint density at radius 1 is 0.963 bits per heavy atom. The lowest BCUT2D eigenvalue weighted by Crippen LogP contribution is -2.34. The topological polar surface area (TPSA) is 70.6 Å². The van der Waals surface area contributed by atoms with Gasteiger partial charge in [-0.2, -0.15) is 5.10 Å². The summed E-state index contributed by atoms with van der Waals surface area (Å²) in [7, 11) is 0. The van der Waals surface area contributed by atoms with E-state index in [9.17, 15) is 14.0 Å². The maximum Gasteiger partial charge on any atom is 0.252 e. The molecule has 0 aliphatic rings. The molecule has 3 aromatic carbocycles. The fourth-order valence-electron chi connectivity index (χ4n) is 2.55. The van der Waals surface area contributed by atoms with E-state index < -0.39 is 23.5 Å². The average molecular weight is 363 g/mol. The first-order valence-corrected chi connectivity index (χ1v) is 8.42. The molecule has 2 N–H and O–H groups in total. The van der Waals surface area contributed by atoms with Gasteiger partial charge in [0.25, 0.3) is 5.91 Å². The Balaban J connectivity index is 1.63. The zero-order valence-corrected chi connectivity index (χ0v) is 14.6. The summed E-state index contributed by atoms with van der Waals surface area (Å²) in [5, 5.41) is 8.40. The van der Waals surface area contributed by atoms with Crippen molar-refractivity contribution >= 4 is 34.5 Å². The van der Waals surface area contributed by atoms with Gasteiger partial charge >= 0.3 is 0 Å². The van der Waals surface area contributed by atoms with E-state index in [2.05, 4.69) is 15.8 Å². The van der Waals surface area contributed by atoms with Crippen LogP contribution in [-0.4, -0.2) is 18.0 Å². The van der Waals surface area contributed by atoms with Crippen LogP contribution < -0.4 is 10.7 Å². The molecule has 0 bridgehead atoms. The van der Waals surface area contributed by atoms with Crippen molar-refractivity contribution in [1.82, 2.24) is 5.43 Å². The second kappa shape index (κ2) is 8.23. The largest absolute Gasteiger partial charge is 0.323 e. The van der Waals surface area contributed by atoms with Gasteiger partial charge in [-0.1, -0.05) is 54.6 Å². The van der Waals surface area contributed by atoms with E-state index in [4.69, 9.17) is 0 Å². The molecule has 0 aliphatic heterocycles. The summed E-state index contributed by atoms with van der Waals surface area (Å²) in [5.74, 6) is -2.79. The van der Waals surface area contributed by atoms with Gasteiger partial charge in [-0.25, -0.2) is 9.82 Å². The number of rotatable bonds is 5. The molecule has 0 aromatic heterocycles. The van der Waals surface area contributed by atoms with Crippen LogP contribution in [0.15, 0.2) is 71.8 Å². The monoisotopic (exact) mass is 363 g/mol. The maximum absolute atomic E-state index is 13.6. The molecule has 6 heteroatoms. The summed E-state index contributed by atoms with van der Waals surface area (Å²) in [4.78, 5) is 24.3.